The Hall–Kier alpha value is -1.86. The molecule has 0 radical (unpaired) electrons. The van der Waals surface area contributed by atoms with Gasteiger partial charge < -0.3 is 10.4 Å². The Bertz CT molecular complexity index is 553. The molecule has 0 bridgehead atoms. The summed E-state index contributed by atoms with van der Waals surface area (Å²) in [5.74, 6) is 5.16. The van der Waals surface area contributed by atoms with Gasteiger partial charge in [-0.15, -0.1) is 0 Å². The molecule has 2 N–H and O–H groups in total. The van der Waals surface area contributed by atoms with E-state index in [9.17, 15) is 9.18 Å². The number of amides is 1. The van der Waals surface area contributed by atoms with Gasteiger partial charge in [0.25, 0.3) is 5.91 Å². The van der Waals surface area contributed by atoms with E-state index in [1.54, 1.807) is 6.07 Å². The number of hydrogen-bond acceptors (Lipinski definition) is 2. The topological polar surface area (TPSA) is 49.3 Å². The number of nitrogens with one attached hydrogen (secondary N) is 1. The summed E-state index contributed by atoms with van der Waals surface area (Å²) in [7, 11) is 0. The van der Waals surface area contributed by atoms with Crippen molar-refractivity contribution in [3.63, 3.8) is 0 Å². The van der Waals surface area contributed by atoms with Crippen LogP contribution in [0.2, 0.25) is 0 Å². The van der Waals surface area contributed by atoms with E-state index in [1.165, 1.54) is 12.1 Å². The minimum atomic E-state index is -0.564. The molecule has 20 heavy (non-hydrogen) atoms. The Kier molecular flexibility index (Phi) is 4.75. The number of rotatable bonds is 3. The molecular weight excluding hydrogens is 257 g/mol. The largest absolute Gasteiger partial charge is 0.395 e. The lowest BCUT2D eigenvalue weighted by Crippen LogP contribution is -2.43. The molecule has 0 unspecified atom stereocenters. The number of carbonyl (C=O) groups is 1. The van der Waals surface area contributed by atoms with Crippen molar-refractivity contribution in [2.75, 3.05) is 6.61 Å². The number of benzene rings is 1. The molecule has 2 rings (SSSR count). The van der Waals surface area contributed by atoms with E-state index in [4.69, 9.17) is 5.11 Å². The van der Waals surface area contributed by atoms with Crippen molar-refractivity contribution in [3.8, 4) is 11.8 Å². The first-order chi connectivity index (χ1) is 9.60. The summed E-state index contributed by atoms with van der Waals surface area (Å²) in [6.07, 6.45) is 2.26. The summed E-state index contributed by atoms with van der Waals surface area (Å²) >= 11 is 0. The summed E-state index contributed by atoms with van der Waals surface area (Å²) in [6.45, 7) is 2.11. The van der Waals surface area contributed by atoms with Crippen molar-refractivity contribution in [3.05, 3.63) is 35.1 Å². The summed E-state index contributed by atoms with van der Waals surface area (Å²) < 4.78 is 13.9. The molecule has 3 nitrogen and oxygen atoms in total. The molecule has 106 valence electrons. The Morgan fingerprint density at radius 1 is 1.50 bits per heavy atom. The molecule has 0 saturated heterocycles. The number of hydrogen-bond donors (Lipinski definition) is 2. The van der Waals surface area contributed by atoms with Crippen LogP contribution in [0.25, 0.3) is 0 Å². The second-order valence-corrected chi connectivity index (χ2v) is 5.22. The van der Waals surface area contributed by atoms with Gasteiger partial charge in [0.1, 0.15) is 5.82 Å². The maximum Gasteiger partial charge on any atom is 0.254 e. The highest BCUT2D eigenvalue weighted by molar-refractivity contribution is 5.94. The standard InChI is InChI=1S/C16H18FNO2/c1-11-8-13(9-11)18-16(20)14-6-5-12(10-15(14)17)4-2-3-7-19/h5-6,10-11,13,19H,3,7-9H2,1H3,(H,18,20). The van der Waals surface area contributed by atoms with Gasteiger partial charge in [0, 0.05) is 18.0 Å². The number of halogens is 1. The van der Waals surface area contributed by atoms with Crippen molar-refractivity contribution in [1.29, 1.82) is 0 Å². The molecule has 1 aliphatic carbocycles. The van der Waals surface area contributed by atoms with Gasteiger partial charge in [-0.05, 0) is 37.0 Å². The van der Waals surface area contributed by atoms with Gasteiger partial charge >= 0.3 is 0 Å². The Morgan fingerprint density at radius 2 is 2.25 bits per heavy atom. The van der Waals surface area contributed by atoms with Gasteiger partial charge in [0.05, 0.1) is 12.2 Å². The maximum atomic E-state index is 13.9. The molecular formula is C16H18FNO2. The second kappa shape index (κ2) is 6.53. The minimum absolute atomic E-state index is 0.0181. The maximum absolute atomic E-state index is 13.9. The van der Waals surface area contributed by atoms with Crippen LogP contribution < -0.4 is 5.32 Å². The molecule has 1 amide bonds. The first-order valence-electron chi connectivity index (χ1n) is 6.80. The molecule has 0 spiro atoms. The van der Waals surface area contributed by atoms with Gasteiger partial charge in [-0.3, -0.25) is 4.79 Å². The molecule has 0 aliphatic heterocycles. The molecule has 1 aromatic rings. The molecule has 0 heterocycles. The van der Waals surface area contributed by atoms with Crippen LogP contribution in [0.4, 0.5) is 4.39 Å². The van der Waals surface area contributed by atoms with Gasteiger partial charge in [-0.25, -0.2) is 4.39 Å². The normalized spacial score (nSPS) is 20.6. The zero-order valence-electron chi connectivity index (χ0n) is 11.4. The molecule has 0 aromatic heterocycles. The minimum Gasteiger partial charge on any atom is -0.395 e. The van der Waals surface area contributed by atoms with Crippen molar-refractivity contribution >= 4 is 5.91 Å². The second-order valence-electron chi connectivity index (χ2n) is 5.22. The van der Waals surface area contributed by atoms with Crippen LogP contribution in [-0.2, 0) is 0 Å². The Morgan fingerprint density at radius 3 is 2.85 bits per heavy atom. The average molecular weight is 275 g/mol. The molecule has 1 saturated carbocycles. The summed E-state index contributed by atoms with van der Waals surface area (Å²) in [5.41, 5.74) is 0.557. The lowest BCUT2D eigenvalue weighted by molar-refractivity contribution is 0.0892. The van der Waals surface area contributed by atoms with Crippen molar-refractivity contribution < 1.29 is 14.3 Å². The van der Waals surface area contributed by atoms with Crippen LogP contribution in [-0.4, -0.2) is 23.7 Å². The summed E-state index contributed by atoms with van der Waals surface area (Å²) in [6, 6.07) is 4.49. The van der Waals surface area contributed by atoms with Crippen LogP contribution in [0.5, 0.6) is 0 Å². The zero-order valence-corrected chi connectivity index (χ0v) is 11.4. The van der Waals surface area contributed by atoms with E-state index in [1.807, 2.05) is 0 Å². The fraction of sp³-hybridized carbons (Fsp3) is 0.438. The number of aliphatic hydroxyl groups is 1. The molecule has 1 fully saturated rings. The van der Waals surface area contributed by atoms with E-state index in [2.05, 4.69) is 24.1 Å². The van der Waals surface area contributed by atoms with Gasteiger partial charge in [0.15, 0.2) is 0 Å². The van der Waals surface area contributed by atoms with Crippen molar-refractivity contribution in [2.45, 2.75) is 32.2 Å². The van der Waals surface area contributed by atoms with Crippen molar-refractivity contribution in [2.24, 2.45) is 5.92 Å². The number of aliphatic hydroxyl groups excluding tert-OH is 1. The predicted molar refractivity (Wildman–Crippen MR) is 74.6 cm³/mol. The molecule has 1 aliphatic rings. The highest BCUT2D eigenvalue weighted by Gasteiger charge is 2.27. The quantitative estimate of drug-likeness (QED) is 0.830. The van der Waals surface area contributed by atoms with Crippen LogP contribution in [0.3, 0.4) is 0 Å². The highest BCUT2D eigenvalue weighted by atomic mass is 19.1. The lowest BCUT2D eigenvalue weighted by atomic mass is 9.82. The molecule has 0 atom stereocenters. The third-order valence-electron chi connectivity index (χ3n) is 3.39. The number of carbonyl (C=O) groups excluding carboxylic acids is 1. The van der Waals surface area contributed by atoms with E-state index < -0.39 is 5.82 Å². The zero-order chi connectivity index (χ0) is 14.5. The fourth-order valence-corrected chi connectivity index (χ4v) is 2.28. The van der Waals surface area contributed by atoms with E-state index in [0.717, 1.165) is 12.8 Å². The molecule has 1 aromatic carbocycles. The Balaban J connectivity index is 2.02. The van der Waals surface area contributed by atoms with Crippen molar-refractivity contribution in [1.82, 2.24) is 5.32 Å². The third-order valence-corrected chi connectivity index (χ3v) is 3.39. The predicted octanol–water partition coefficient (Wildman–Crippen LogP) is 2.09. The van der Waals surface area contributed by atoms with Crippen LogP contribution in [0.15, 0.2) is 18.2 Å². The molecule has 4 heteroatoms. The highest BCUT2D eigenvalue weighted by Crippen LogP contribution is 2.26. The van der Waals surface area contributed by atoms with Crippen LogP contribution in [0.1, 0.15) is 42.1 Å². The van der Waals surface area contributed by atoms with Gasteiger partial charge in [-0.2, -0.15) is 0 Å². The van der Waals surface area contributed by atoms with Crippen LogP contribution >= 0.6 is 0 Å². The Labute approximate surface area is 118 Å². The smallest absolute Gasteiger partial charge is 0.254 e. The van der Waals surface area contributed by atoms with Crippen LogP contribution in [0, 0.1) is 23.6 Å². The fourth-order valence-electron chi connectivity index (χ4n) is 2.28. The summed E-state index contributed by atoms with van der Waals surface area (Å²) in [4.78, 5) is 11.9. The van der Waals surface area contributed by atoms with Gasteiger partial charge in [-0.1, -0.05) is 18.8 Å². The van der Waals surface area contributed by atoms with E-state index in [0.29, 0.717) is 17.9 Å². The SMILES string of the molecule is CC1CC(NC(=O)c2ccc(C#CCCO)cc2F)C1. The van der Waals surface area contributed by atoms with E-state index >= 15 is 0 Å². The summed E-state index contributed by atoms with van der Waals surface area (Å²) in [5, 5.41) is 11.4. The first-order valence-corrected chi connectivity index (χ1v) is 6.80. The van der Waals surface area contributed by atoms with Gasteiger partial charge in [0.2, 0.25) is 0 Å². The van der Waals surface area contributed by atoms with E-state index in [-0.39, 0.29) is 24.1 Å². The lowest BCUT2D eigenvalue weighted by Gasteiger charge is -2.33. The monoisotopic (exact) mass is 275 g/mol. The third kappa shape index (κ3) is 3.58. The average Bonchev–Trinajstić information content (AvgIpc) is 2.37. The first kappa shape index (κ1) is 14.5.